The number of nitrogens with zero attached hydrogens (tertiary/aromatic N) is 3. The van der Waals surface area contributed by atoms with Crippen LogP contribution in [0.15, 0.2) is 42.5 Å². The molecular formula is C24H28ClFN4. The highest BCUT2D eigenvalue weighted by atomic mass is 35.5. The largest absolute Gasteiger partial charge is 0.340 e. The summed E-state index contributed by atoms with van der Waals surface area (Å²) in [5.41, 5.74) is 6.51. The summed E-state index contributed by atoms with van der Waals surface area (Å²) in [6.45, 7) is 9.15. The van der Waals surface area contributed by atoms with Crippen molar-refractivity contribution in [2.45, 2.75) is 46.6 Å². The normalized spacial score (nSPS) is 15.4. The first-order chi connectivity index (χ1) is 14.0. The van der Waals surface area contributed by atoms with Crippen LogP contribution in [0.5, 0.6) is 0 Å². The average Bonchev–Trinajstić information content (AvgIpc) is 2.72. The second-order valence-corrected chi connectivity index (χ2v) is 7.70. The number of hydrogen-bond acceptors (Lipinski definition) is 4. The molecule has 0 spiro atoms. The summed E-state index contributed by atoms with van der Waals surface area (Å²) < 4.78 is 13.5. The molecule has 1 aromatic heterocycles. The van der Waals surface area contributed by atoms with Crippen LogP contribution < -0.4 is 10.2 Å². The summed E-state index contributed by atoms with van der Waals surface area (Å²) in [6, 6.07) is 13.6. The second-order valence-electron chi connectivity index (χ2n) is 7.70. The lowest BCUT2D eigenvalue weighted by atomic mass is 9.94. The first kappa shape index (κ1) is 22.0. The van der Waals surface area contributed by atoms with E-state index >= 15 is 0 Å². The zero-order valence-corrected chi connectivity index (χ0v) is 18.7. The van der Waals surface area contributed by atoms with Crippen LogP contribution in [-0.2, 0) is 12.8 Å². The molecule has 6 heteroatoms. The lowest BCUT2D eigenvalue weighted by molar-refractivity contribution is 0.606. The third-order valence-electron chi connectivity index (χ3n) is 5.86. The van der Waals surface area contributed by atoms with Gasteiger partial charge in [0.25, 0.3) is 0 Å². The Kier molecular flexibility index (Phi) is 6.61. The predicted molar refractivity (Wildman–Crippen MR) is 124 cm³/mol. The summed E-state index contributed by atoms with van der Waals surface area (Å²) in [5.74, 6) is 1.30. The monoisotopic (exact) mass is 426 g/mol. The Morgan fingerprint density at radius 3 is 2.63 bits per heavy atom. The van der Waals surface area contributed by atoms with Crippen molar-refractivity contribution in [2.24, 2.45) is 0 Å². The number of aromatic nitrogens is 2. The van der Waals surface area contributed by atoms with Crippen molar-refractivity contribution < 1.29 is 4.39 Å². The van der Waals surface area contributed by atoms with Gasteiger partial charge in [-0.1, -0.05) is 31.2 Å². The minimum atomic E-state index is -0.233. The van der Waals surface area contributed by atoms with Crippen LogP contribution in [0.4, 0.5) is 21.8 Å². The van der Waals surface area contributed by atoms with E-state index in [0.717, 1.165) is 53.7 Å². The standard InChI is InChI=1S/C24H27FN4.ClH/c1-5-21-16(3)23(26-22-11-10-19(25)14-15(22)2)28-24(27-21)29-13-12-18-8-6-7-9-20(18)17(29)4;/h6-11,14,17H,5,12-13H2,1-4H3,(H,26,27,28);1H. The summed E-state index contributed by atoms with van der Waals surface area (Å²) in [7, 11) is 0. The van der Waals surface area contributed by atoms with E-state index in [4.69, 9.17) is 9.97 Å². The number of rotatable bonds is 4. The van der Waals surface area contributed by atoms with Crippen molar-refractivity contribution in [3.05, 3.63) is 76.2 Å². The minimum Gasteiger partial charge on any atom is -0.340 e. The smallest absolute Gasteiger partial charge is 0.228 e. The molecule has 0 fully saturated rings. The van der Waals surface area contributed by atoms with Crippen molar-refractivity contribution >= 4 is 29.9 Å². The fraction of sp³-hybridized carbons (Fsp3) is 0.333. The minimum absolute atomic E-state index is 0. The Morgan fingerprint density at radius 2 is 1.90 bits per heavy atom. The van der Waals surface area contributed by atoms with Gasteiger partial charge >= 0.3 is 0 Å². The van der Waals surface area contributed by atoms with E-state index in [1.54, 1.807) is 6.07 Å². The topological polar surface area (TPSA) is 41.1 Å². The van der Waals surface area contributed by atoms with Crippen LogP contribution in [-0.4, -0.2) is 16.5 Å². The van der Waals surface area contributed by atoms with Crippen molar-refractivity contribution in [1.82, 2.24) is 9.97 Å². The molecule has 158 valence electrons. The number of aryl methyl sites for hydroxylation is 2. The van der Waals surface area contributed by atoms with Gasteiger partial charge in [-0.2, -0.15) is 4.98 Å². The van der Waals surface area contributed by atoms with Gasteiger partial charge in [0.05, 0.1) is 11.7 Å². The average molecular weight is 427 g/mol. The fourth-order valence-electron chi connectivity index (χ4n) is 4.08. The number of fused-ring (bicyclic) bond motifs is 1. The number of nitrogens with one attached hydrogen (secondary N) is 1. The number of benzene rings is 2. The maximum atomic E-state index is 13.5. The molecular weight excluding hydrogens is 399 g/mol. The Bertz CT molecular complexity index is 1050. The first-order valence-corrected chi connectivity index (χ1v) is 10.2. The van der Waals surface area contributed by atoms with E-state index in [1.807, 2.05) is 13.8 Å². The van der Waals surface area contributed by atoms with E-state index in [1.165, 1.54) is 23.3 Å². The Hall–Kier alpha value is -2.66. The molecule has 30 heavy (non-hydrogen) atoms. The van der Waals surface area contributed by atoms with Crippen LogP contribution in [0, 0.1) is 19.7 Å². The fourth-order valence-corrected chi connectivity index (χ4v) is 4.08. The quantitative estimate of drug-likeness (QED) is 0.548. The molecule has 4 nitrogen and oxygen atoms in total. The molecule has 0 radical (unpaired) electrons. The zero-order valence-electron chi connectivity index (χ0n) is 17.9. The molecule has 1 aliphatic rings. The molecule has 1 aliphatic heterocycles. The molecule has 0 saturated heterocycles. The van der Waals surface area contributed by atoms with Gasteiger partial charge in [-0.15, -0.1) is 12.4 Å². The van der Waals surface area contributed by atoms with Crippen molar-refractivity contribution in [3.8, 4) is 0 Å². The molecule has 1 N–H and O–H groups in total. The third-order valence-corrected chi connectivity index (χ3v) is 5.86. The molecule has 1 atom stereocenters. The van der Waals surface area contributed by atoms with Gasteiger partial charge in [0.2, 0.25) is 5.95 Å². The predicted octanol–water partition coefficient (Wildman–Crippen LogP) is 6.08. The molecule has 0 aliphatic carbocycles. The van der Waals surface area contributed by atoms with Crippen LogP contribution in [0.1, 0.15) is 47.8 Å². The van der Waals surface area contributed by atoms with Gasteiger partial charge < -0.3 is 10.2 Å². The highest BCUT2D eigenvalue weighted by Gasteiger charge is 2.26. The van der Waals surface area contributed by atoms with Gasteiger partial charge in [0, 0.05) is 17.8 Å². The van der Waals surface area contributed by atoms with Crippen LogP contribution in [0.3, 0.4) is 0 Å². The summed E-state index contributed by atoms with van der Waals surface area (Å²) in [4.78, 5) is 12.1. The van der Waals surface area contributed by atoms with E-state index in [9.17, 15) is 4.39 Å². The first-order valence-electron chi connectivity index (χ1n) is 10.2. The van der Waals surface area contributed by atoms with E-state index in [2.05, 4.69) is 48.3 Å². The Morgan fingerprint density at radius 1 is 1.13 bits per heavy atom. The van der Waals surface area contributed by atoms with Crippen molar-refractivity contribution in [1.29, 1.82) is 0 Å². The van der Waals surface area contributed by atoms with E-state index in [-0.39, 0.29) is 24.3 Å². The Balaban J connectivity index is 0.00000256. The third kappa shape index (κ3) is 4.12. The highest BCUT2D eigenvalue weighted by molar-refractivity contribution is 5.85. The van der Waals surface area contributed by atoms with Gasteiger partial charge in [0.1, 0.15) is 11.6 Å². The van der Waals surface area contributed by atoms with Gasteiger partial charge in [-0.3, -0.25) is 0 Å². The Labute approximate surface area is 184 Å². The number of anilines is 3. The molecule has 0 bridgehead atoms. The van der Waals surface area contributed by atoms with Crippen molar-refractivity contribution in [2.75, 3.05) is 16.8 Å². The van der Waals surface area contributed by atoms with Crippen LogP contribution >= 0.6 is 12.4 Å². The molecule has 4 rings (SSSR count). The lowest BCUT2D eigenvalue weighted by Crippen LogP contribution is -2.35. The number of halogens is 2. The highest BCUT2D eigenvalue weighted by Crippen LogP contribution is 2.33. The van der Waals surface area contributed by atoms with Gasteiger partial charge in [0.15, 0.2) is 0 Å². The maximum Gasteiger partial charge on any atom is 0.228 e. The summed E-state index contributed by atoms with van der Waals surface area (Å²) in [6.07, 6.45) is 1.82. The molecule has 2 aromatic carbocycles. The van der Waals surface area contributed by atoms with Crippen LogP contribution in [0.2, 0.25) is 0 Å². The maximum absolute atomic E-state index is 13.5. The zero-order chi connectivity index (χ0) is 20.5. The molecule has 0 saturated carbocycles. The molecule has 1 unspecified atom stereocenters. The van der Waals surface area contributed by atoms with E-state index < -0.39 is 0 Å². The lowest BCUT2D eigenvalue weighted by Gasteiger charge is -2.35. The second kappa shape index (κ2) is 9.00. The van der Waals surface area contributed by atoms with Crippen molar-refractivity contribution in [3.63, 3.8) is 0 Å². The summed E-state index contributed by atoms with van der Waals surface area (Å²) >= 11 is 0. The van der Waals surface area contributed by atoms with E-state index in [0.29, 0.717) is 0 Å². The summed E-state index contributed by atoms with van der Waals surface area (Å²) in [5, 5.41) is 3.41. The SMILES string of the molecule is CCc1nc(N2CCc3ccccc3C2C)nc(Nc2ccc(F)cc2C)c1C.Cl. The molecule has 3 aromatic rings. The molecule has 2 heterocycles. The number of hydrogen-bond donors (Lipinski definition) is 1. The van der Waals surface area contributed by atoms with Gasteiger partial charge in [-0.25, -0.2) is 9.37 Å². The van der Waals surface area contributed by atoms with Crippen LogP contribution in [0.25, 0.3) is 0 Å². The van der Waals surface area contributed by atoms with Gasteiger partial charge in [-0.05, 0) is 68.5 Å². The molecule has 0 amide bonds.